The molecule has 0 saturated carbocycles. The van der Waals surface area contributed by atoms with E-state index < -0.39 is 0 Å². The molecule has 0 spiro atoms. The van der Waals surface area contributed by atoms with Gasteiger partial charge in [0.2, 0.25) is 0 Å². The summed E-state index contributed by atoms with van der Waals surface area (Å²) in [6.45, 7) is 9.04. The molecule has 0 aromatic carbocycles. The van der Waals surface area contributed by atoms with Crippen molar-refractivity contribution in [3.05, 3.63) is 23.4 Å². The first-order valence-electron chi connectivity index (χ1n) is 6.58. The standard InChI is InChI=1S/C13H21N5O/c1-3-17-6-8-18(9-7-17)13-11(12(14)16-19)5-4-10(2)15-13/h4-5,19H,3,6-9H2,1-2H3,(H2,14,16). The van der Waals surface area contributed by atoms with Gasteiger partial charge >= 0.3 is 0 Å². The van der Waals surface area contributed by atoms with Gasteiger partial charge in [0, 0.05) is 31.9 Å². The van der Waals surface area contributed by atoms with Gasteiger partial charge in [-0.15, -0.1) is 0 Å². The summed E-state index contributed by atoms with van der Waals surface area (Å²) in [5.74, 6) is 0.923. The van der Waals surface area contributed by atoms with Crippen LogP contribution in [0.1, 0.15) is 18.2 Å². The number of amidine groups is 1. The van der Waals surface area contributed by atoms with Gasteiger partial charge in [-0.25, -0.2) is 4.98 Å². The zero-order chi connectivity index (χ0) is 13.8. The van der Waals surface area contributed by atoms with Crippen molar-refractivity contribution in [2.24, 2.45) is 10.9 Å². The monoisotopic (exact) mass is 263 g/mol. The molecule has 104 valence electrons. The van der Waals surface area contributed by atoms with Gasteiger partial charge in [0.05, 0.1) is 5.56 Å². The molecule has 19 heavy (non-hydrogen) atoms. The second-order valence-electron chi connectivity index (χ2n) is 4.73. The number of hydrogen-bond donors (Lipinski definition) is 2. The Kier molecular flexibility index (Phi) is 4.21. The summed E-state index contributed by atoms with van der Waals surface area (Å²) in [4.78, 5) is 9.15. The number of anilines is 1. The molecule has 6 heteroatoms. The Morgan fingerprint density at radius 2 is 2.05 bits per heavy atom. The number of piperazine rings is 1. The first kappa shape index (κ1) is 13.6. The van der Waals surface area contributed by atoms with Crippen LogP contribution in [0.5, 0.6) is 0 Å². The van der Waals surface area contributed by atoms with E-state index in [1.165, 1.54) is 0 Å². The van der Waals surface area contributed by atoms with E-state index in [4.69, 9.17) is 10.9 Å². The molecule has 3 N–H and O–H groups in total. The Labute approximate surface area is 113 Å². The van der Waals surface area contributed by atoms with Crippen molar-refractivity contribution in [3.8, 4) is 0 Å². The Balaban J connectivity index is 2.26. The van der Waals surface area contributed by atoms with Crippen molar-refractivity contribution in [2.75, 3.05) is 37.6 Å². The first-order chi connectivity index (χ1) is 9.15. The zero-order valence-electron chi connectivity index (χ0n) is 11.5. The minimum absolute atomic E-state index is 0.112. The fourth-order valence-corrected chi connectivity index (χ4v) is 2.31. The fraction of sp³-hybridized carbons (Fsp3) is 0.538. The molecule has 1 aliphatic heterocycles. The van der Waals surface area contributed by atoms with Gasteiger partial charge < -0.3 is 20.7 Å². The molecule has 2 heterocycles. The van der Waals surface area contributed by atoms with Gasteiger partial charge in [0.25, 0.3) is 0 Å². The lowest BCUT2D eigenvalue weighted by molar-refractivity contribution is 0.270. The number of nitrogens with two attached hydrogens (primary N) is 1. The molecule has 0 bridgehead atoms. The van der Waals surface area contributed by atoms with E-state index in [0.29, 0.717) is 5.56 Å². The minimum atomic E-state index is 0.112. The van der Waals surface area contributed by atoms with Crippen molar-refractivity contribution in [1.82, 2.24) is 9.88 Å². The number of hydrogen-bond acceptors (Lipinski definition) is 5. The Morgan fingerprint density at radius 1 is 1.37 bits per heavy atom. The molecular formula is C13H21N5O. The second kappa shape index (κ2) is 5.88. The van der Waals surface area contributed by atoms with E-state index in [0.717, 1.165) is 44.2 Å². The van der Waals surface area contributed by atoms with Crippen LogP contribution in [0, 0.1) is 6.92 Å². The molecular weight excluding hydrogens is 242 g/mol. The van der Waals surface area contributed by atoms with Crippen molar-refractivity contribution in [2.45, 2.75) is 13.8 Å². The van der Waals surface area contributed by atoms with Gasteiger partial charge in [0.1, 0.15) is 5.82 Å². The first-order valence-corrected chi connectivity index (χ1v) is 6.58. The Morgan fingerprint density at radius 3 is 2.63 bits per heavy atom. The van der Waals surface area contributed by atoms with E-state index in [2.05, 4.69) is 26.9 Å². The molecule has 1 aromatic heterocycles. The van der Waals surface area contributed by atoms with Gasteiger partial charge in [0.15, 0.2) is 5.84 Å². The molecule has 0 radical (unpaired) electrons. The van der Waals surface area contributed by atoms with Crippen LogP contribution in [0.2, 0.25) is 0 Å². The zero-order valence-corrected chi connectivity index (χ0v) is 11.5. The third-order valence-corrected chi connectivity index (χ3v) is 3.52. The maximum Gasteiger partial charge on any atom is 0.173 e. The van der Waals surface area contributed by atoms with Crippen molar-refractivity contribution in [1.29, 1.82) is 0 Å². The summed E-state index contributed by atoms with van der Waals surface area (Å²) in [5.41, 5.74) is 7.35. The van der Waals surface area contributed by atoms with Crippen LogP contribution in [0.4, 0.5) is 5.82 Å². The second-order valence-corrected chi connectivity index (χ2v) is 4.73. The predicted octanol–water partition coefficient (Wildman–Crippen LogP) is 0.626. The van der Waals surface area contributed by atoms with Crippen LogP contribution in [0.3, 0.4) is 0 Å². The van der Waals surface area contributed by atoms with Crippen LogP contribution in [0.25, 0.3) is 0 Å². The third kappa shape index (κ3) is 2.96. The number of aromatic nitrogens is 1. The molecule has 6 nitrogen and oxygen atoms in total. The molecule has 1 aliphatic rings. The van der Waals surface area contributed by atoms with E-state index in [1.54, 1.807) is 0 Å². The topological polar surface area (TPSA) is 78.0 Å². The molecule has 0 aliphatic carbocycles. The van der Waals surface area contributed by atoms with Gasteiger partial charge in [-0.2, -0.15) is 0 Å². The van der Waals surface area contributed by atoms with Gasteiger partial charge in [-0.1, -0.05) is 12.1 Å². The van der Waals surface area contributed by atoms with E-state index >= 15 is 0 Å². The maximum absolute atomic E-state index is 8.87. The molecule has 0 amide bonds. The number of pyridine rings is 1. The minimum Gasteiger partial charge on any atom is -0.409 e. The smallest absolute Gasteiger partial charge is 0.173 e. The van der Waals surface area contributed by atoms with Gasteiger partial charge in [-0.05, 0) is 25.6 Å². The Hall–Kier alpha value is -1.82. The lowest BCUT2D eigenvalue weighted by Crippen LogP contribution is -2.47. The lowest BCUT2D eigenvalue weighted by Gasteiger charge is -2.35. The van der Waals surface area contributed by atoms with E-state index in [1.807, 2.05) is 19.1 Å². The largest absolute Gasteiger partial charge is 0.409 e. The average Bonchev–Trinajstić information content (AvgIpc) is 2.46. The summed E-state index contributed by atoms with van der Waals surface area (Å²) < 4.78 is 0. The average molecular weight is 263 g/mol. The third-order valence-electron chi connectivity index (χ3n) is 3.52. The fourth-order valence-electron chi connectivity index (χ4n) is 2.31. The molecule has 1 saturated heterocycles. The summed E-state index contributed by atoms with van der Waals surface area (Å²) in [6.07, 6.45) is 0. The summed E-state index contributed by atoms with van der Waals surface area (Å²) >= 11 is 0. The molecule has 0 unspecified atom stereocenters. The molecule has 0 atom stereocenters. The molecule has 1 aromatic rings. The van der Waals surface area contributed by atoms with Crippen LogP contribution in [-0.4, -0.2) is 53.7 Å². The maximum atomic E-state index is 8.87. The van der Waals surface area contributed by atoms with Crippen LogP contribution in [0.15, 0.2) is 17.3 Å². The van der Waals surface area contributed by atoms with Crippen LogP contribution < -0.4 is 10.6 Å². The molecule has 1 fully saturated rings. The lowest BCUT2D eigenvalue weighted by atomic mass is 10.2. The Bertz CT molecular complexity index is 466. The summed E-state index contributed by atoms with van der Waals surface area (Å²) in [7, 11) is 0. The number of nitrogens with zero attached hydrogens (tertiary/aromatic N) is 4. The van der Waals surface area contributed by atoms with Crippen molar-refractivity contribution >= 4 is 11.7 Å². The number of oxime groups is 1. The summed E-state index contributed by atoms with van der Waals surface area (Å²) in [5, 5.41) is 12.0. The SMILES string of the molecule is CCN1CCN(c2nc(C)ccc2C(N)=NO)CC1. The highest BCUT2D eigenvalue weighted by molar-refractivity contribution is 6.01. The summed E-state index contributed by atoms with van der Waals surface area (Å²) in [6, 6.07) is 3.73. The highest BCUT2D eigenvalue weighted by Crippen LogP contribution is 2.20. The van der Waals surface area contributed by atoms with E-state index in [9.17, 15) is 0 Å². The number of likely N-dealkylation sites (N-methyl/N-ethyl adjacent to an activating group) is 1. The molecule has 2 rings (SSSR count). The number of aryl methyl sites for hydroxylation is 1. The number of rotatable bonds is 3. The van der Waals surface area contributed by atoms with Crippen molar-refractivity contribution in [3.63, 3.8) is 0 Å². The highest BCUT2D eigenvalue weighted by atomic mass is 16.4. The van der Waals surface area contributed by atoms with Crippen LogP contribution in [-0.2, 0) is 0 Å². The van der Waals surface area contributed by atoms with Gasteiger partial charge in [-0.3, -0.25) is 0 Å². The van der Waals surface area contributed by atoms with Crippen LogP contribution >= 0.6 is 0 Å². The normalized spacial score (nSPS) is 17.8. The van der Waals surface area contributed by atoms with E-state index in [-0.39, 0.29) is 5.84 Å². The van der Waals surface area contributed by atoms with Crippen molar-refractivity contribution < 1.29 is 5.21 Å². The quantitative estimate of drug-likeness (QED) is 0.362. The predicted molar refractivity (Wildman–Crippen MR) is 75.8 cm³/mol. The highest BCUT2D eigenvalue weighted by Gasteiger charge is 2.20.